The molecule has 4 aliphatic carbocycles. The summed E-state index contributed by atoms with van der Waals surface area (Å²) < 4.78 is 0. The van der Waals surface area contributed by atoms with Gasteiger partial charge in [-0.05, 0) is 109 Å². The van der Waals surface area contributed by atoms with Crippen LogP contribution in [-0.2, 0) is 4.79 Å². The number of fused-ring (bicyclic) bond motifs is 5. The first-order valence-corrected chi connectivity index (χ1v) is 14.1. The third-order valence-corrected chi connectivity index (χ3v) is 12.3. The van der Waals surface area contributed by atoms with Crippen molar-refractivity contribution in [2.75, 3.05) is 0 Å². The highest BCUT2D eigenvalue weighted by atomic mass is 16.1. The molecule has 10 atom stereocenters. The molecule has 0 amide bonds. The van der Waals surface area contributed by atoms with Gasteiger partial charge < -0.3 is 0 Å². The van der Waals surface area contributed by atoms with E-state index >= 15 is 0 Å². The third-order valence-electron chi connectivity index (χ3n) is 12.3. The molecule has 0 aliphatic heterocycles. The van der Waals surface area contributed by atoms with Crippen molar-refractivity contribution in [3.63, 3.8) is 0 Å². The number of Topliss-reactive ketones (excluding diaryl/α,β-unsaturated/α-hetero) is 1. The van der Waals surface area contributed by atoms with Crippen molar-refractivity contribution >= 4 is 5.78 Å². The second-order valence-corrected chi connectivity index (χ2v) is 13.6. The van der Waals surface area contributed by atoms with Crippen molar-refractivity contribution in [2.45, 2.75) is 119 Å². The Labute approximate surface area is 193 Å². The molecule has 0 aromatic rings. The van der Waals surface area contributed by atoms with Crippen molar-refractivity contribution in [1.29, 1.82) is 0 Å². The average Bonchev–Trinajstić information content (AvgIpc) is 3.06. The molecule has 4 fully saturated rings. The lowest BCUT2D eigenvalue weighted by Crippen LogP contribution is -2.56. The van der Waals surface area contributed by atoms with Crippen molar-refractivity contribution in [3.05, 3.63) is 0 Å². The van der Waals surface area contributed by atoms with Crippen molar-refractivity contribution in [2.24, 2.45) is 64.1 Å². The van der Waals surface area contributed by atoms with Crippen LogP contribution < -0.4 is 0 Å². The summed E-state index contributed by atoms with van der Waals surface area (Å²) in [5, 5.41) is 0. The highest BCUT2D eigenvalue weighted by Crippen LogP contribution is 2.69. The predicted octanol–water partition coefficient (Wildman–Crippen LogP) is 8.56. The maximum Gasteiger partial charge on any atom is 0.133 e. The maximum atomic E-state index is 12.4. The van der Waals surface area contributed by atoms with Gasteiger partial charge in [0, 0.05) is 12.8 Å². The summed E-state index contributed by atoms with van der Waals surface area (Å²) in [6, 6.07) is 0. The Hall–Kier alpha value is -0.330. The fraction of sp³-hybridized carbons (Fsp3) is 0.967. The largest absolute Gasteiger partial charge is 0.300 e. The Balaban J connectivity index is 1.48. The summed E-state index contributed by atoms with van der Waals surface area (Å²) >= 11 is 0. The smallest absolute Gasteiger partial charge is 0.133 e. The average molecular weight is 429 g/mol. The molecule has 0 heterocycles. The zero-order valence-electron chi connectivity index (χ0n) is 21.9. The Morgan fingerprint density at radius 1 is 0.935 bits per heavy atom. The van der Waals surface area contributed by atoms with Gasteiger partial charge in [0.15, 0.2) is 0 Å². The zero-order valence-corrected chi connectivity index (χ0v) is 21.9. The molecule has 0 bridgehead atoms. The Bertz CT molecular complexity index is 651. The monoisotopic (exact) mass is 428 g/mol. The first kappa shape index (κ1) is 23.8. The molecule has 0 radical (unpaired) electrons. The molecule has 4 aliphatic rings. The van der Waals surface area contributed by atoms with Crippen LogP contribution >= 0.6 is 0 Å². The summed E-state index contributed by atoms with van der Waals surface area (Å²) in [6.45, 7) is 17.6. The van der Waals surface area contributed by atoms with Gasteiger partial charge in [0.25, 0.3) is 0 Å². The van der Waals surface area contributed by atoms with E-state index in [-0.39, 0.29) is 0 Å². The quantitative estimate of drug-likeness (QED) is 0.414. The lowest BCUT2D eigenvalue weighted by molar-refractivity contribution is -0.153. The standard InChI is InChI=1S/C30H52O/c1-8-22(19(2)3)10-9-20(4)26-13-14-27-25-12-11-23-18-24(31)17-21(5)30(23,7)28(25)15-16-29(26,27)6/h19-23,25-28H,8-18H2,1-7H3/t20-,21+,22-,23+,25+,26-,27+,28+,29-,30+/m1/s1. The maximum absolute atomic E-state index is 12.4. The molecular weight excluding hydrogens is 376 g/mol. The molecule has 31 heavy (non-hydrogen) atoms. The van der Waals surface area contributed by atoms with Gasteiger partial charge in [-0.25, -0.2) is 0 Å². The normalized spacial score (nSPS) is 46.9. The Kier molecular flexibility index (Phi) is 6.75. The zero-order chi connectivity index (χ0) is 22.6. The number of hydrogen-bond donors (Lipinski definition) is 0. The molecule has 0 unspecified atom stereocenters. The van der Waals surface area contributed by atoms with Crippen LogP contribution in [0.4, 0.5) is 0 Å². The van der Waals surface area contributed by atoms with E-state index in [1.165, 1.54) is 57.8 Å². The van der Waals surface area contributed by atoms with E-state index < -0.39 is 0 Å². The Morgan fingerprint density at radius 2 is 1.68 bits per heavy atom. The van der Waals surface area contributed by atoms with E-state index in [1.54, 1.807) is 0 Å². The lowest BCUT2D eigenvalue weighted by Gasteiger charge is -2.62. The number of carbonyl (C=O) groups excluding carboxylic acids is 1. The minimum atomic E-state index is 0.424. The van der Waals surface area contributed by atoms with Crippen LogP contribution in [0.3, 0.4) is 0 Å². The van der Waals surface area contributed by atoms with Crippen LogP contribution in [0.5, 0.6) is 0 Å². The summed E-state index contributed by atoms with van der Waals surface area (Å²) in [6.07, 6.45) is 14.6. The van der Waals surface area contributed by atoms with Gasteiger partial charge >= 0.3 is 0 Å². The van der Waals surface area contributed by atoms with E-state index in [0.29, 0.717) is 28.4 Å². The van der Waals surface area contributed by atoms with Gasteiger partial charge in [-0.2, -0.15) is 0 Å². The molecule has 0 saturated heterocycles. The first-order chi connectivity index (χ1) is 14.6. The SMILES string of the molecule is CC[C@H](CC[C@@H](C)[C@H]1CC[C@H]2[C@@H]3CC[C@H]4CC(=O)C[C@H](C)[C@]4(C)[C@H]3CC[C@]12C)C(C)C. The van der Waals surface area contributed by atoms with Gasteiger partial charge in [0.1, 0.15) is 5.78 Å². The fourth-order valence-corrected chi connectivity index (χ4v) is 10.1. The van der Waals surface area contributed by atoms with Gasteiger partial charge in [0.05, 0.1) is 0 Å². The van der Waals surface area contributed by atoms with Crippen LogP contribution in [0, 0.1) is 64.1 Å². The molecule has 4 saturated carbocycles. The number of carbonyl (C=O) groups is 1. The summed E-state index contributed by atoms with van der Waals surface area (Å²) in [5.74, 6) is 8.16. The van der Waals surface area contributed by atoms with Gasteiger partial charge in [-0.3, -0.25) is 4.79 Å². The highest BCUT2D eigenvalue weighted by molar-refractivity contribution is 5.80. The van der Waals surface area contributed by atoms with Crippen LogP contribution in [0.25, 0.3) is 0 Å². The summed E-state index contributed by atoms with van der Waals surface area (Å²) in [4.78, 5) is 12.4. The van der Waals surface area contributed by atoms with Gasteiger partial charge in [-0.1, -0.05) is 61.3 Å². The summed E-state index contributed by atoms with van der Waals surface area (Å²) in [5.41, 5.74) is 1.00. The predicted molar refractivity (Wildman–Crippen MR) is 132 cm³/mol. The molecule has 4 rings (SSSR count). The van der Waals surface area contributed by atoms with Crippen LogP contribution in [0.2, 0.25) is 0 Å². The summed E-state index contributed by atoms with van der Waals surface area (Å²) in [7, 11) is 0. The van der Waals surface area contributed by atoms with Crippen molar-refractivity contribution in [1.82, 2.24) is 0 Å². The van der Waals surface area contributed by atoms with E-state index in [2.05, 4.69) is 48.5 Å². The second-order valence-electron chi connectivity index (χ2n) is 13.6. The molecule has 1 nitrogen and oxygen atoms in total. The Morgan fingerprint density at radius 3 is 2.35 bits per heavy atom. The molecule has 0 aromatic heterocycles. The first-order valence-electron chi connectivity index (χ1n) is 14.1. The van der Waals surface area contributed by atoms with Crippen molar-refractivity contribution < 1.29 is 4.79 Å². The molecule has 1 heteroatoms. The lowest BCUT2D eigenvalue weighted by atomic mass is 9.42. The van der Waals surface area contributed by atoms with Gasteiger partial charge in [-0.15, -0.1) is 0 Å². The molecule has 0 aromatic carbocycles. The van der Waals surface area contributed by atoms with Crippen LogP contribution in [0.15, 0.2) is 0 Å². The van der Waals surface area contributed by atoms with E-state index in [4.69, 9.17) is 0 Å². The molecule has 178 valence electrons. The van der Waals surface area contributed by atoms with Crippen molar-refractivity contribution in [3.8, 4) is 0 Å². The number of ketones is 1. The van der Waals surface area contributed by atoms with Crippen LogP contribution in [0.1, 0.15) is 119 Å². The fourth-order valence-electron chi connectivity index (χ4n) is 10.1. The van der Waals surface area contributed by atoms with Gasteiger partial charge in [0.2, 0.25) is 0 Å². The highest BCUT2D eigenvalue weighted by Gasteiger charge is 2.61. The van der Waals surface area contributed by atoms with E-state index in [0.717, 1.165) is 54.3 Å². The second kappa shape index (κ2) is 8.79. The number of rotatable bonds is 6. The topological polar surface area (TPSA) is 17.1 Å². The minimum absolute atomic E-state index is 0.424. The molecule has 0 spiro atoms. The van der Waals surface area contributed by atoms with E-state index in [9.17, 15) is 4.79 Å². The third kappa shape index (κ3) is 3.86. The molecule has 0 N–H and O–H groups in total. The van der Waals surface area contributed by atoms with E-state index in [1.807, 2.05) is 0 Å². The molecular formula is C30H52O. The minimum Gasteiger partial charge on any atom is -0.300 e. The number of hydrogen-bond acceptors (Lipinski definition) is 1. The van der Waals surface area contributed by atoms with Crippen LogP contribution in [-0.4, -0.2) is 5.78 Å².